The minimum atomic E-state index is -0.672. The van der Waals surface area contributed by atoms with Gasteiger partial charge in [0.2, 0.25) is 0 Å². The number of nitrogens with zero attached hydrogens (tertiary/aromatic N) is 4. The second-order valence-electron chi connectivity index (χ2n) is 4.32. The molecule has 22 heavy (non-hydrogen) atoms. The van der Waals surface area contributed by atoms with Crippen LogP contribution in [-0.4, -0.2) is 26.3 Å². The van der Waals surface area contributed by atoms with Crippen LogP contribution in [0.4, 0.5) is 10.6 Å². The van der Waals surface area contributed by atoms with Crippen LogP contribution in [-0.2, 0) is 11.3 Å². The van der Waals surface area contributed by atoms with Crippen molar-refractivity contribution in [3.8, 4) is 6.07 Å². The number of carbonyl (C=O) groups is 1. The Balaban J connectivity index is 1.74. The van der Waals surface area contributed by atoms with Gasteiger partial charge >= 0.3 is 6.09 Å². The van der Waals surface area contributed by atoms with Crippen LogP contribution in [0, 0.1) is 11.3 Å². The highest BCUT2D eigenvalue weighted by Gasteiger charge is 2.14. The largest absolute Gasteiger partial charge is 0.444 e. The van der Waals surface area contributed by atoms with Gasteiger partial charge in [-0.25, -0.2) is 14.8 Å². The number of aromatic amines is 1. The molecule has 0 spiro atoms. The molecule has 8 heteroatoms. The Morgan fingerprint density at radius 3 is 2.91 bits per heavy atom. The van der Waals surface area contributed by atoms with Gasteiger partial charge in [-0.05, 0) is 5.56 Å². The first kappa shape index (κ1) is 13.5. The van der Waals surface area contributed by atoms with Crippen molar-refractivity contribution in [3.63, 3.8) is 0 Å². The van der Waals surface area contributed by atoms with E-state index < -0.39 is 6.09 Å². The minimum absolute atomic E-state index is 0.136. The zero-order valence-electron chi connectivity index (χ0n) is 11.3. The van der Waals surface area contributed by atoms with Crippen LogP contribution >= 0.6 is 0 Å². The molecule has 3 aromatic rings. The monoisotopic (exact) mass is 294 g/mol. The van der Waals surface area contributed by atoms with Gasteiger partial charge in [0, 0.05) is 0 Å². The zero-order valence-corrected chi connectivity index (χ0v) is 11.3. The van der Waals surface area contributed by atoms with Crippen molar-refractivity contribution in [2.24, 2.45) is 0 Å². The number of amides is 1. The van der Waals surface area contributed by atoms with Gasteiger partial charge in [0.05, 0.1) is 5.39 Å². The predicted molar refractivity (Wildman–Crippen MR) is 76.6 cm³/mol. The van der Waals surface area contributed by atoms with Gasteiger partial charge in [0.15, 0.2) is 11.5 Å². The first-order valence-corrected chi connectivity index (χ1v) is 6.35. The van der Waals surface area contributed by atoms with Crippen LogP contribution in [0.15, 0.2) is 36.7 Å². The highest BCUT2D eigenvalue weighted by molar-refractivity contribution is 5.97. The smallest absolute Gasteiger partial charge is 0.413 e. The van der Waals surface area contributed by atoms with E-state index in [4.69, 9.17) is 10.00 Å². The average Bonchev–Trinajstić information content (AvgIpc) is 2.98. The van der Waals surface area contributed by atoms with Gasteiger partial charge in [-0.1, -0.05) is 30.3 Å². The highest BCUT2D eigenvalue weighted by atomic mass is 16.5. The molecular formula is C14H10N6O2. The summed E-state index contributed by atoms with van der Waals surface area (Å²) < 4.78 is 5.11. The van der Waals surface area contributed by atoms with Gasteiger partial charge in [0.25, 0.3) is 0 Å². The van der Waals surface area contributed by atoms with Gasteiger partial charge in [-0.15, -0.1) is 0 Å². The molecule has 0 aliphatic heterocycles. The van der Waals surface area contributed by atoms with Crippen molar-refractivity contribution in [2.75, 3.05) is 5.32 Å². The summed E-state index contributed by atoms with van der Waals surface area (Å²) in [4.78, 5) is 19.7. The van der Waals surface area contributed by atoms with E-state index in [0.29, 0.717) is 11.0 Å². The van der Waals surface area contributed by atoms with Crippen LogP contribution in [0.2, 0.25) is 0 Å². The Morgan fingerprint density at radius 1 is 1.32 bits per heavy atom. The van der Waals surface area contributed by atoms with E-state index in [2.05, 4.69) is 25.5 Å². The topological polar surface area (TPSA) is 117 Å². The summed E-state index contributed by atoms with van der Waals surface area (Å²) >= 11 is 0. The van der Waals surface area contributed by atoms with E-state index in [0.717, 1.165) is 5.56 Å². The number of H-pyrrole nitrogens is 1. The molecular weight excluding hydrogens is 284 g/mol. The Kier molecular flexibility index (Phi) is 3.61. The molecule has 0 aliphatic rings. The van der Waals surface area contributed by atoms with E-state index in [1.807, 2.05) is 36.4 Å². The van der Waals surface area contributed by atoms with Crippen LogP contribution in [0.5, 0.6) is 0 Å². The predicted octanol–water partition coefficient (Wildman–Crippen LogP) is 1.97. The lowest BCUT2D eigenvalue weighted by molar-refractivity contribution is 0.155. The number of anilines is 1. The summed E-state index contributed by atoms with van der Waals surface area (Å²) in [6, 6.07) is 11.2. The maximum Gasteiger partial charge on any atom is 0.413 e. The molecule has 2 aromatic heterocycles. The molecule has 0 aliphatic carbocycles. The average molecular weight is 294 g/mol. The van der Waals surface area contributed by atoms with Crippen molar-refractivity contribution in [3.05, 3.63) is 47.9 Å². The van der Waals surface area contributed by atoms with Crippen molar-refractivity contribution in [1.82, 2.24) is 20.2 Å². The van der Waals surface area contributed by atoms with Gasteiger partial charge in [-0.2, -0.15) is 10.4 Å². The molecule has 0 unspecified atom stereocenters. The molecule has 2 heterocycles. The lowest BCUT2D eigenvalue weighted by Gasteiger charge is -2.06. The Labute approximate surface area is 124 Å². The van der Waals surface area contributed by atoms with Crippen molar-refractivity contribution in [2.45, 2.75) is 6.61 Å². The van der Waals surface area contributed by atoms with E-state index in [1.54, 1.807) is 0 Å². The number of nitrogens with one attached hydrogen (secondary N) is 2. The molecule has 3 rings (SSSR count). The fourth-order valence-corrected chi connectivity index (χ4v) is 1.89. The number of nitriles is 1. The van der Waals surface area contributed by atoms with Crippen molar-refractivity contribution in [1.29, 1.82) is 5.26 Å². The molecule has 0 atom stereocenters. The molecule has 0 saturated heterocycles. The molecule has 0 fully saturated rings. The lowest BCUT2D eigenvalue weighted by atomic mass is 10.2. The van der Waals surface area contributed by atoms with Crippen molar-refractivity contribution >= 4 is 22.9 Å². The maximum absolute atomic E-state index is 11.8. The third-order valence-corrected chi connectivity index (χ3v) is 2.90. The van der Waals surface area contributed by atoms with Crippen LogP contribution in [0.3, 0.4) is 0 Å². The Bertz CT molecular complexity index is 853. The normalized spacial score (nSPS) is 10.1. The number of rotatable bonds is 3. The summed E-state index contributed by atoms with van der Waals surface area (Å²) in [6.45, 7) is 0.136. The van der Waals surface area contributed by atoms with Gasteiger partial charge < -0.3 is 4.74 Å². The second kappa shape index (κ2) is 5.88. The number of ether oxygens (including phenoxy) is 1. The van der Waals surface area contributed by atoms with Gasteiger partial charge in [-0.3, -0.25) is 10.4 Å². The quantitative estimate of drug-likeness (QED) is 0.762. The molecule has 108 valence electrons. The number of hydrogen-bond donors (Lipinski definition) is 2. The van der Waals surface area contributed by atoms with Crippen LogP contribution < -0.4 is 5.32 Å². The molecule has 0 radical (unpaired) electrons. The second-order valence-corrected chi connectivity index (χ2v) is 4.32. The fraction of sp³-hybridized carbons (Fsp3) is 0.0714. The summed E-state index contributed by atoms with van der Waals surface area (Å²) in [5.41, 5.74) is 1.34. The van der Waals surface area contributed by atoms with Crippen molar-refractivity contribution < 1.29 is 9.53 Å². The van der Waals surface area contributed by atoms with Crippen LogP contribution in [0.25, 0.3) is 11.0 Å². The van der Waals surface area contributed by atoms with E-state index in [9.17, 15) is 4.79 Å². The number of fused-ring (bicyclic) bond motifs is 1. The molecule has 1 amide bonds. The van der Waals surface area contributed by atoms with E-state index >= 15 is 0 Å². The van der Waals surface area contributed by atoms with E-state index in [1.165, 1.54) is 6.33 Å². The molecule has 0 saturated carbocycles. The number of benzene rings is 1. The zero-order chi connectivity index (χ0) is 15.4. The van der Waals surface area contributed by atoms with E-state index in [-0.39, 0.29) is 18.1 Å². The minimum Gasteiger partial charge on any atom is -0.444 e. The molecule has 0 bridgehead atoms. The first-order chi connectivity index (χ1) is 10.8. The number of carbonyl (C=O) groups excluding carboxylic acids is 1. The summed E-state index contributed by atoms with van der Waals surface area (Å²) in [5.74, 6) is 0.174. The lowest BCUT2D eigenvalue weighted by Crippen LogP contribution is -2.15. The SMILES string of the molecule is N#Cc1[nH]nc2ncnc(NC(=O)OCc3ccccc3)c12. The third kappa shape index (κ3) is 2.69. The number of hydrogen-bond acceptors (Lipinski definition) is 6. The van der Waals surface area contributed by atoms with Crippen LogP contribution in [0.1, 0.15) is 11.3 Å². The third-order valence-electron chi connectivity index (χ3n) is 2.90. The number of aromatic nitrogens is 4. The fourth-order valence-electron chi connectivity index (χ4n) is 1.89. The maximum atomic E-state index is 11.8. The summed E-state index contributed by atoms with van der Waals surface area (Å²) in [7, 11) is 0. The Morgan fingerprint density at radius 2 is 2.14 bits per heavy atom. The molecule has 1 aromatic carbocycles. The molecule has 2 N–H and O–H groups in total. The summed E-state index contributed by atoms with van der Waals surface area (Å²) in [5, 5.41) is 18.2. The molecule has 8 nitrogen and oxygen atoms in total. The first-order valence-electron chi connectivity index (χ1n) is 6.35. The van der Waals surface area contributed by atoms with Gasteiger partial charge in [0.1, 0.15) is 24.7 Å². The standard InChI is InChI=1S/C14H10N6O2/c15-6-10-11-12(16-8-17-13(11)20-19-10)18-14(21)22-7-9-4-2-1-3-5-9/h1-5,8H,7H2,(H2,16,17,18,19,20,21). The Hall–Kier alpha value is -3.47. The summed E-state index contributed by atoms with van der Waals surface area (Å²) in [6.07, 6.45) is 0.575. The highest BCUT2D eigenvalue weighted by Crippen LogP contribution is 2.20.